The van der Waals surface area contributed by atoms with Crippen LogP contribution in [0.25, 0.3) is 0 Å². The average molecular weight is 237 g/mol. The summed E-state index contributed by atoms with van der Waals surface area (Å²) in [6.07, 6.45) is 12.8. The highest BCUT2D eigenvalue weighted by Gasteiger charge is 2.30. The predicted octanol–water partition coefficient (Wildman–Crippen LogP) is 4.51. The van der Waals surface area contributed by atoms with E-state index in [1.165, 1.54) is 57.8 Å². The van der Waals surface area contributed by atoms with Gasteiger partial charge in [-0.2, -0.15) is 0 Å². The Morgan fingerprint density at radius 2 is 1.71 bits per heavy atom. The Labute approximate surface area is 108 Å². The van der Waals surface area contributed by atoms with Crippen molar-refractivity contribution in [2.45, 2.75) is 90.6 Å². The van der Waals surface area contributed by atoms with Crippen LogP contribution in [0.5, 0.6) is 0 Å². The molecule has 0 amide bonds. The molecule has 2 fully saturated rings. The number of hydrogen-bond acceptors (Lipinski definition) is 1. The quantitative estimate of drug-likeness (QED) is 0.697. The van der Waals surface area contributed by atoms with Crippen LogP contribution in [0.2, 0.25) is 0 Å². The summed E-state index contributed by atoms with van der Waals surface area (Å²) in [6.45, 7) is 7.34. The van der Waals surface area contributed by atoms with E-state index in [9.17, 15) is 0 Å². The molecular formula is C16H31N. The molecule has 2 rings (SSSR count). The van der Waals surface area contributed by atoms with Gasteiger partial charge in [-0.05, 0) is 43.4 Å². The van der Waals surface area contributed by atoms with E-state index < -0.39 is 0 Å². The third kappa shape index (κ3) is 3.98. The fourth-order valence-electron chi connectivity index (χ4n) is 3.88. The molecule has 3 unspecified atom stereocenters. The highest BCUT2D eigenvalue weighted by molar-refractivity contribution is 4.87. The van der Waals surface area contributed by atoms with Gasteiger partial charge in [-0.25, -0.2) is 0 Å². The lowest BCUT2D eigenvalue weighted by Gasteiger charge is -2.38. The molecule has 0 aromatic heterocycles. The van der Waals surface area contributed by atoms with Crippen LogP contribution in [0.3, 0.4) is 0 Å². The second kappa shape index (κ2) is 5.73. The molecule has 100 valence electrons. The minimum absolute atomic E-state index is 0.573. The highest BCUT2D eigenvalue weighted by Crippen LogP contribution is 2.36. The van der Waals surface area contributed by atoms with E-state index in [2.05, 4.69) is 26.1 Å². The van der Waals surface area contributed by atoms with Crippen molar-refractivity contribution in [1.82, 2.24) is 5.32 Å². The molecule has 2 aliphatic rings. The van der Waals surface area contributed by atoms with Crippen molar-refractivity contribution < 1.29 is 0 Å². The molecule has 0 radical (unpaired) electrons. The van der Waals surface area contributed by atoms with Gasteiger partial charge in [0.15, 0.2) is 0 Å². The van der Waals surface area contributed by atoms with E-state index in [1.807, 2.05) is 0 Å². The molecule has 0 heterocycles. The van der Waals surface area contributed by atoms with Crippen LogP contribution in [-0.4, -0.2) is 12.1 Å². The van der Waals surface area contributed by atoms with Crippen LogP contribution < -0.4 is 5.32 Å². The number of hydrogen-bond donors (Lipinski definition) is 1. The molecule has 0 aliphatic heterocycles. The molecule has 1 nitrogen and oxygen atoms in total. The average Bonchev–Trinajstić information content (AvgIpc) is 2.43. The lowest BCUT2D eigenvalue weighted by atomic mass is 9.75. The third-order valence-corrected chi connectivity index (χ3v) is 5.02. The molecule has 2 saturated carbocycles. The van der Waals surface area contributed by atoms with Gasteiger partial charge in [-0.1, -0.05) is 46.5 Å². The lowest BCUT2D eigenvalue weighted by Crippen LogP contribution is -2.45. The summed E-state index contributed by atoms with van der Waals surface area (Å²) in [5.74, 6) is 0.891. The fourth-order valence-corrected chi connectivity index (χ4v) is 3.88. The second-order valence-corrected chi connectivity index (χ2v) is 7.35. The van der Waals surface area contributed by atoms with Crippen molar-refractivity contribution in [1.29, 1.82) is 0 Å². The first-order valence-corrected chi connectivity index (χ1v) is 7.83. The largest absolute Gasteiger partial charge is 0.311 e. The Morgan fingerprint density at radius 3 is 2.47 bits per heavy atom. The predicted molar refractivity (Wildman–Crippen MR) is 75.2 cm³/mol. The van der Waals surface area contributed by atoms with Gasteiger partial charge in [-0.3, -0.25) is 0 Å². The van der Waals surface area contributed by atoms with E-state index in [0.717, 1.165) is 18.0 Å². The van der Waals surface area contributed by atoms with Gasteiger partial charge < -0.3 is 5.32 Å². The Balaban J connectivity index is 1.86. The topological polar surface area (TPSA) is 12.0 Å². The number of rotatable bonds is 2. The van der Waals surface area contributed by atoms with Gasteiger partial charge in [0.05, 0.1) is 0 Å². The summed E-state index contributed by atoms with van der Waals surface area (Å²) >= 11 is 0. The van der Waals surface area contributed by atoms with E-state index in [-0.39, 0.29) is 0 Å². The molecule has 0 bridgehead atoms. The molecule has 17 heavy (non-hydrogen) atoms. The Morgan fingerprint density at radius 1 is 0.941 bits per heavy atom. The normalized spacial score (nSPS) is 38.6. The second-order valence-electron chi connectivity index (χ2n) is 7.35. The van der Waals surface area contributed by atoms with Crippen LogP contribution in [-0.2, 0) is 0 Å². The van der Waals surface area contributed by atoms with Crippen LogP contribution in [0.4, 0.5) is 0 Å². The molecule has 0 aromatic carbocycles. The maximum Gasteiger partial charge on any atom is 0.00952 e. The van der Waals surface area contributed by atoms with Crippen LogP contribution in [0.15, 0.2) is 0 Å². The zero-order valence-corrected chi connectivity index (χ0v) is 12.1. The SMILES string of the molecule is CC1CCCCCC1NC1CCCC(C)(C)C1. The molecule has 1 N–H and O–H groups in total. The van der Waals surface area contributed by atoms with E-state index in [1.54, 1.807) is 0 Å². The molecule has 0 spiro atoms. The monoisotopic (exact) mass is 237 g/mol. The van der Waals surface area contributed by atoms with Crippen molar-refractivity contribution in [2.24, 2.45) is 11.3 Å². The fraction of sp³-hybridized carbons (Fsp3) is 1.00. The standard InChI is InChI=1S/C16H31N/c1-13-8-5-4-6-10-15(13)17-14-9-7-11-16(2,3)12-14/h13-15,17H,4-12H2,1-3H3. The highest BCUT2D eigenvalue weighted by atomic mass is 15.0. The summed E-state index contributed by atoms with van der Waals surface area (Å²) in [5.41, 5.74) is 0.573. The molecule has 2 aliphatic carbocycles. The molecule has 0 saturated heterocycles. The van der Waals surface area contributed by atoms with Gasteiger partial charge >= 0.3 is 0 Å². The van der Waals surface area contributed by atoms with Crippen LogP contribution in [0, 0.1) is 11.3 Å². The zero-order chi connectivity index (χ0) is 12.3. The van der Waals surface area contributed by atoms with Crippen LogP contribution >= 0.6 is 0 Å². The van der Waals surface area contributed by atoms with E-state index >= 15 is 0 Å². The molecular weight excluding hydrogens is 206 g/mol. The third-order valence-electron chi connectivity index (χ3n) is 5.02. The smallest absolute Gasteiger partial charge is 0.00952 e. The Kier molecular flexibility index (Phi) is 4.52. The van der Waals surface area contributed by atoms with Gasteiger partial charge in [0, 0.05) is 12.1 Å². The van der Waals surface area contributed by atoms with Crippen molar-refractivity contribution >= 4 is 0 Å². The van der Waals surface area contributed by atoms with Crippen molar-refractivity contribution in [3.63, 3.8) is 0 Å². The van der Waals surface area contributed by atoms with E-state index in [0.29, 0.717) is 5.41 Å². The Bertz CT molecular complexity index is 234. The van der Waals surface area contributed by atoms with Crippen molar-refractivity contribution in [3.05, 3.63) is 0 Å². The zero-order valence-electron chi connectivity index (χ0n) is 12.1. The molecule has 0 aromatic rings. The number of nitrogens with one attached hydrogen (secondary N) is 1. The van der Waals surface area contributed by atoms with Gasteiger partial charge in [0.2, 0.25) is 0 Å². The lowest BCUT2D eigenvalue weighted by molar-refractivity contribution is 0.176. The van der Waals surface area contributed by atoms with Gasteiger partial charge in [-0.15, -0.1) is 0 Å². The maximum atomic E-state index is 4.00. The summed E-state index contributed by atoms with van der Waals surface area (Å²) in [5, 5.41) is 4.00. The minimum Gasteiger partial charge on any atom is -0.311 e. The van der Waals surface area contributed by atoms with Crippen LogP contribution in [0.1, 0.15) is 78.6 Å². The van der Waals surface area contributed by atoms with Crippen molar-refractivity contribution in [2.75, 3.05) is 0 Å². The minimum atomic E-state index is 0.573. The van der Waals surface area contributed by atoms with E-state index in [4.69, 9.17) is 0 Å². The summed E-state index contributed by atoms with van der Waals surface area (Å²) in [7, 11) is 0. The first-order chi connectivity index (χ1) is 8.07. The molecule has 1 heteroatoms. The first kappa shape index (κ1) is 13.4. The first-order valence-electron chi connectivity index (χ1n) is 7.83. The maximum absolute atomic E-state index is 4.00. The summed E-state index contributed by atoms with van der Waals surface area (Å²) in [4.78, 5) is 0. The van der Waals surface area contributed by atoms with Gasteiger partial charge in [0.1, 0.15) is 0 Å². The summed E-state index contributed by atoms with van der Waals surface area (Å²) < 4.78 is 0. The summed E-state index contributed by atoms with van der Waals surface area (Å²) in [6, 6.07) is 1.60. The molecule has 3 atom stereocenters. The van der Waals surface area contributed by atoms with Crippen molar-refractivity contribution in [3.8, 4) is 0 Å². The van der Waals surface area contributed by atoms with Gasteiger partial charge in [0.25, 0.3) is 0 Å². The Hall–Kier alpha value is -0.0400.